The molecule has 8 heteroatoms. The van der Waals surface area contributed by atoms with Gasteiger partial charge in [0.1, 0.15) is 5.82 Å². The zero-order valence-electron chi connectivity index (χ0n) is 8.60. The Morgan fingerprint density at radius 1 is 1.35 bits per heavy atom. The van der Waals surface area contributed by atoms with Gasteiger partial charge in [-0.3, -0.25) is 0 Å². The Morgan fingerprint density at radius 2 is 1.94 bits per heavy atom. The van der Waals surface area contributed by atoms with Crippen molar-refractivity contribution in [2.24, 2.45) is 0 Å². The smallest absolute Gasteiger partial charge is 0.242 e. The van der Waals surface area contributed by atoms with Crippen LogP contribution in [0.5, 0.6) is 0 Å². The van der Waals surface area contributed by atoms with Crippen molar-refractivity contribution in [3.63, 3.8) is 0 Å². The van der Waals surface area contributed by atoms with Crippen LogP contribution in [0.1, 0.15) is 0 Å². The van der Waals surface area contributed by atoms with Gasteiger partial charge in [-0.2, -0.15) is 0 Å². The van der Waals surface area contributed by atoms with Gasteiger partial charge in [0.15, 0.2) is 0 Å². The molecule has 0 saturated heterocycles. The van der Waals surface area contributed by atoms with Gasteiger partial charge in [-0.15, -0.1) is 0 Å². The Balaban J connectivity index is 3.05. The lowest BCUT2D eigenvalue weighted by molar-refractivity contribution is 0.185. The van der Waals surface area contributed by atoms with E-state index in [0.717, 1.165) is 18.2 Å². The van der Waals surface area contributed by atoms with Crippen LogP contribution in [0.15, 0.2) is 27.6 Å². The van der Waals surface area contributed by atoms with Crippen LogP contribution in [0.4, 0.5) is 4.39 Å². The number of halogens is 2. The molecule has 0 spiro atoms. The van der Waals surface area contributed by atoms with Crippen molar-refractivity contribution >= 4 is 26.0 Å². The fourth-order valence-corrected chi connectivity index (χ4v) is 3.38. The topological polar surface area (TPSA) is 86.6 Å². The second-order valence-corrected chi connectivity index (χ2v) is 5.79. The van der Waals surface area contributed by atoms with Gasteiger partial charge in [0.2, 0.25) is 10.0 Å². The summed E-state index contributed by atoms with van der Waals surface area (Å²) in [5, 5.41) is 17.6. The molecule has 0 aliphatic rings. The van der Waals surface area contributed by atoms with Crippen LogP contribution in [0.2, 0.25) is 0 Å². The highest BCUT2D eigenvalue weighted by molar-refractivity contribution is 9.10. The number of aliphatic hydroxyl groups is 2. The van der Waals surface area contributed by atoms with E-state index in [4.69, 9.17) is 10.2 Å². The standard InChI is InChI=1S/C9H11BrFNO4S/c10-8-3-6(11)1-2-9(8)17(15,16)12-7(4-13)5-14/h1-3,7,12-14H,4-5H2. The van der Waals surface area contributed by atoms with Crippen LogP contribution in [0.25, 0.3) is 0 Å². The Morgan fingerprint density at radius 3 is 2.41 bits per heavy atom. The second kappa shape index (κ2) is 5.87. The van der Waals surface area contributed by atoms with Crippen molar-refractivity contribution in [3.05, 3.63) is 28.5 Å². The van der Waals surface area contributed by atoms with Gasteiger partial charge in [0.05, 0.1) is 24.2 Å². The first-order chi connectivity index (χ1) is 7.90. The SMILES string of the molecule is O=S(=O)(NC(CO)CO)c1ccc(F)cc1Br. The van der Waals surface area contributed by atoms with Gasteiger partial charge >= 0.3 is 0 Å². The molecule has 3 N–H and O–H groups in total. The number of hydrogen-bond donors (Lipinski definition) is 3. The normalized spacial score (nSPS) is 12.1. The summed E-state index contributed by atoms with van der Waals surface area (Å²) in [7, 11) is -3.91. The van der Waals surface area contributed by atoms with E-state index in [1.165, 1.54) is 0 Å². The number of rotatable bonds is 5. The van der Waals surface area contributed by atoms with E-state index in [9.17, 15) is 12.8 Å². The molecule has 0 saturated carbocycles. The minimum absolute atomic E-state index is 0.0691. The van der Waals surface area contributed by atoms with E-state index in [1.54, 1.807) is 0 Å². The highest BCUT2D eigenvalue weighted by atomic mass is 79.9. The molecule has 1 aromatic rings. The molecule has 96 valence electrons. The molecule has 0 bridgehead atoms. The number of nitrogens with one attached hydrogen (secondary N) is 1. The zero-order valence-corrected chi connectivity index (χ0v) is 11.0. The molecular weight excluding hydrogens is 317 g/mol. The summed E-state index contributed by atoms with van der Waals surface area (Å²) in [6.45, 7) is -1.07. The van der Waals surface area contributed by atoms with Crippen molar-refractivity contribution < 1.29 is 23.0 Å². The number of benzene rings is 1. The minimum atomic E-state index is -3.91. The van der Waals surface area contributed by atoms with Crippen LogP contribution < -0.4 is 4.72 Å². The first-order valence-electron chi connectivity index (χ1n) is 4.60. The largest absolute Gasteiger partial charge is 0.395 e. The Labute approximate surface area is 106 Å². The molecule has 0 aliphatic heterocycles. The molecule has 0 unspecified atom stereocenters. The summed E-state index contributed by atoms with van der Waals surface area (Å²) in [5.41, 5.74) is 0. The Kier molecular flexibility index (Phi) is 5.02. The van der Waals surface area contributed by atoms with E-state index >= 15 is 0 Å². The van der Waals surface area contributed by atoms with E-state index in [-0.39, 0.29) is 9.37 Å². The van der Waals surface area contributed by atoms with Crippen molar-refractivity contribution in [1.29, 1.82) is 0 Å². The minimum Gasteiger partial charge on any atom is -0.395 e. The van der Waals surface area contributed by atoms with Crippen LogP contribution in [-0.4, -0.2) is 37.9 Å². The monoisotopic (exact) mass is 327 g/mol. The quantitative estimate of drug-likeness (QED) is 0.722. The Hall–Kier alpha value is -0.540. The summed E-state index contributed by atoms with van der Waals surface area (Å²) in [6.07, 6.45) is 0. The van der Waals surface area contributed by atoms with E-state index in [1.807, 2.05) is 0 Å². The summed E-state index contributed by atoms with van der Waals surface area (Å²) in [4.78, 5) is -0.161. The molecule has 5 nitrogen and oxygen atoms in total. The first kappa shape index (κ1) is 14.5. The fraction of sp³-hybridized carbons (Fsp3) is 0.333. The second-order valence-electron chi connectivity index (χ2n) is 3.26. The third-order valence-corrected chi connectivity index (χ3v) is 4.44. The number of aliphatic hydroxyl groups excluding tert-OH is 2. The average molecular weight is 328 g/mol. The predicted octanol–water partition coefficient (Wildman–Crippen LogP) is 0.220. The summed E-state index contributed by atoms with van der Waals surface area (Å²) < 4.78 is 38.6. The van der Waals surface area contributed by atoms with Gasteiger partial charge in [0.25, 0.3) is 0 Å². The maximum Gasteiger partial charge on any atom is 0.242 e. The number of sulfonamides is 1. The predicted molar refractivity (Wildman–Crippen MR) is 62.4 cm³/mol. The summed E-state index contributed by atoms with van der Waals surface area (Å²) in [6, 6.07) is 2.12. The van der Waals surface area contributed by atoms with Crippen molar-refractivity contribution in [2.45, 2.75) is 10.9 Å². The molecule has 0 atom stereocenters. The first-order valence-corrected chi connectivity index (χ1v) is 6.87. The van der Waals surface area contributed by atoms with Crippen LogP contribution in [-0.2, 0) is 10.0 Å². The summed E-state index contributed by atoms with van der Waals surface area (Å²) >= 11 is 2.93. The molecule has 1 aromatic carbocycles. The van der Waals surface area contributed by atoms with Gasteiger partial charge < -0.3 is 10.2 Å². The lowest BCUT2D eigenvalue weighted by Gasteiger charge is -2.14. The average Bonchev–Trinajstić information content (AvgIpc) is 2.25. The van der Waals surface area contributed by atoms with Crippen LogP contribution >= 0.6 is 15.9 Å². The third kappa shape index (κ3) is 3.71. The molecule has 0 radical (unpaired) electrons. The molecule has 0 fully saturated rings. The molecule has 1 rings (SSSR count). The van der Waals surface area contributed by atoms with Crippen molar-refractivity contribution in [2.75, 3.05) is 13.2 Å². The van der Waals surface area contributed by atoms with Crippen LogP contribution in [0.3, 0.4) is 0 Å². The maximum absolute atomic E-state index is 12.8. The van der Waals surface area contributed by atoms with E-state index in [0.29, 0.717) is 0 Å². The van der Waals surface area contributed by atoms with E-state index in [2.05, 4.69) is 20.7 Å². The maximum atomic E-state index is 12.8. The van der Waals surface area contributed by atoms with E-state index < -0.39 is 35.1 Å². The molecule has 17 heavy (non-hydrogen) atoms. The van der Waals surface area contributed by atoms with Gasteiger partial charge in [-0.05, 0) is 34.1 Å². The zero-order chi connectivity index (χ0) is 13.1. The molecule has 0 amide bonds. The van der Waals surface area contributed by atoms with Crippen molar-refractivity contribution in [3.8, 4) is 0 Å². The third-order valence-electron chi connectivity index (χ3n) is 1.95. The van der Waals surface area contributed by atoms with Gasteiger partial charge in [-0.1, -0.05) is 0 Å². The van der Waals surface area contributed by atoms with Crippen molar-refractivity contribution in [1.82, 2.24) is 4.72 Å². The van der Waals surface area contributed by atoms with Gasteiger partial charge in [-0.25, -0.2) is 17.5 Å². The molecule has 0 heterocycles. The highest BCUT2D eigenvalue weighted by Crippen LogP contribution is 2.22. The lowest BCUT2D eigenvalue weighted by atomic mass is 10.3. The highest BCUT2D eigenvalue weighted by Gasteiger charge is 2.21. The van der Waals surface area contributed by atoms with Crippen LogP contribution in [0, 0.1) is 5.82 Å². The molecular formula is C9H11BrFNO4S. The Bertz CT molecular complexity index is 490. The fourth-order valence-electron chi connectivity index (χ4n) is 1.11. The lowest BCUT2D eigenvalue weighted by Crippen LogP contribution is -2.40. The van der Waals surface area contributed by atoms with Gasteiger partial charge in [0, 0.05) is 4.47 Å². The summed E-state index contributed by atoms with van der Waals surface area (Å²) in [5.74, 6) is -0.573. The molecule has 0 aliphatic carbocycles. The number of hydrogen-bond acceptors (Lipinski definition) is 4. The molecule has 0 aromatic heterocycles.